The van der Waals surface area contributed by atoms with Gasteiger partial charge in [-0.2, -0.15) is 0 Å². The van der Waals surface area contributed by atoms with Crippen LogP contribution in [0.5, 0.6) is 0 Å². The second kappa shape index (κ2) is 7.47. The van der Waals surface area contributed by atoms with Crippen molar-refractivity contribution in [2.24, 2.45) is 5.73 Å². The molecule has 0 unspecified atom stereocenters. The van der Waals surface area contributed by atoms with Gasteiger partial charge >= 0.3 is 0 Å². The average molecular weight is 323 g/mol. The molecule has 0 aliphatic heterocycles. The molecule has 3 nitrogen and oxygen atoms in total. The Morgan fingerprint density at radius 1 is 1.18 bits per heavy atom. The van der Waals surface area contributed by atoms with Crippen LogP contribution in [-0.4, -0.2) is 18.0 Å². The lowest BCUT2D eigenvalue weighted by Gasteiger charge is -2.35. The van der Waals surface area contributed by atoms with E-state index in [4.69, 9.17) is 17.3 Å². The minimum Gasteiger partial charge on any atom is -0.353 e. The maximum absolute atomic E-state index is 13.0. The highest BCUT2D eigenvalue weighted by Gasteiger charge is 2.38. The second-order valence-electron chi connectivity index (χ2n) is 6.38. The van der Waals surface area contributed by atoms with Gasteiger partial charge in [0.25, 0.3) is 0 Å². The van der Waals surface area contributed by atoms with E-state index in [1.807, 2.05) is 24.3 Å². The van der Waals surface area contributed by atoms with Crippen LogP contribution in [0.2, 0.25) is 5.02 Å². The topological polar surface area (TPSA) is 55.1 Å². The first kappa shape index (κ1) is 17.3. The summed E-state index contributed by atoms with van der Waals surface area (Å²) in [6, 6.07) is 8.24. The van der Waals surface area contributed by atoms with Gasteiger partial charge < -0.3 is 11.1 Å². The number of halogens is 1. The molecule has 1 aromatic carbocycles. The van der Waals surface area contributed by atoms with Crippen molar-refractivity contribution < 1.29 is 4.79 Å². The van der Waals surface area contributed by atoms with Crippen molar-refractivity contribution in [1.29, 1.82) is 0 Å². The van der Waals surface area contributed by atoms with Gasteiger partial charge in [-0.25, -0.2) is 0 Å². The minimum atomic E-state index is -0.468. The van der Waals surface area contributed by atoms with Crippen molar-refractivity contribution in [3.8, 4) is 0 Å². The molecule has 22 heavy (non-hydrogen) atoms. The molecule has 1 aliphatic carbocycles. The number of nitrogens with one attached hydrogen (secondary N) is 1. The number of rotatable bonds is 5. The van der Waals surface area contributed by atoms with E-state index in [-0.39, 0.29) is 11.9 Å². The molecule has 0 saturated heterocycles. The lowest BCUT2D eigenvalue weighted by Crippen LogP contribution is -2.49. The highest BCUT2D eigenvalue weighted by molar-refractivity contribution is 6.30. The Morgan fingerprint density at radius 3 is 2.23 bits per heavy atom. The van der Waals surface area contributed by atoms with Crippen LogP contribution in [0.4, 0.5) is 0 Å². The summed E-state index contributed by atoms with van der Waals surface area (Å²) in [5.74, 6) is 0.139. The number of carbonyl (C=O) groups is 1. The lowest BCUT2D eigenvalue weighted by atomic mass is 9.74. The van der Waals surface area contributed by atoms with Crippen LogP contribution < -0.4 is 11.1 Å². The van der Waals surface area contributed by atoms with E-state index in [1.54, 1.807) is 0 Å². The van der Waals surface area contributed by atoms with Gasteiger partial charge in [-0.1, -0.05) is 37.6 Å². The Kier molecular flexibility index (Phi) is 5.87. The summed E-state index contributed by atoms with van der Waals surface area (Å²) >= 11 is 5.98. The van der Waals surface area contributed by atoms with E-state index in [2.05, 4.69) is 19.2 Å². The molecule has 1 aliphatic rings. The van der Waals surface area contributed by atoms with Gasteiger partial charge in [0.1, 0.15) is 0 Å². The number of benzene rings is 1. The second-order valence-corrected chi connectivity index (χ2v) is 6.82. The van der Waals surface area contributed by atoms with E-state index >= 15 is 0 Å². The van der Waals surface area contributed by atoms with Gasteiger partial charge in [-0.05, 0) is 56.2 Å². The monoisotopic (exact) mass is 322 g/mol. The van der Waals surface area contributed by atoms with E-state index in [1.165, 1.54) is 0 Å². The third-order valence-electron chi connectivity index (χ3n) is 5.15. The summed E-state index contributed by atoms with van der Waals surface area (Å²) in [4.78, 5) is 13.0. The van der Waals surface area contributed by atoms with Crippen LogP contribution in [0.25, 0.3) is 0 Å². The standard InChI is InChI=1S/C18H27ClN2O/c1-3-18(4-2,13-5-7-14(19)8-6-13)17(22)21-16-11-9-15(20)10-12-16/h5-8,15-16H,3-4,9-12,20H2,1-2H3,(H,21,22). The van der Waals surface area contributed by atoms with E-state index < -0.39 is 5.41 Å². The molecule has 0 bridgehead atoms. The number of carbonyl (C=O) groups excluding carboxylic acids is 1. The summed E-state index contributed by atoms with van der Waals surface area (Å²) in [6.45, 7) is 4.16. The molecule has 0 aromatic heterocycles. The number of hydrogen-bond donors (Lipinski definition) is 2. The first-order valence-corrected chi connectivity index (χ1v) is 8.72. The van der Waals surface area contributed by atoms with Crippen molar-refractivity contribution in [3.05, 3.63) is 34.9 Å². The van der Waals surface area contributed by atoms with Gasteiger partial charge in [-0.15, -0.1) is 0 Å². The van der Waals surface area contributed by atoms with Crippen LogP contribution in [0.1, 0.15) is 57.9 Å². The maximum Gasteiger partial charge on any atom is 0.230 e. The van der Waals surface area contributed by atoms with Crippen LogP contribution in [-0.2, 0) is 10.2 Å². The summed E-state index contributed by atoms with van der Waals surface area (Å²) in [7, 11) is 0. The molecule has 0 atom stereocenters. The summed E-state index contributed by atoms with van der Waals surface area (Å²) in [5, 5.41) is 3.97. The molecular weight excluding hydrogens is 296 g/mol. The molecule has 122 valence electrons. The quantitative estimate of drug-likeness (QED) is 0.866. The first-order chi connectivity index (χ1) is 10.5. The number of hydrogen-bond acceptors (Lipinski definition) is 2. The van der Waals surface area contributed by atoms with E-state index in [0.29, 0.717) is 11.1 Å². The molecule has 1 saturated carbocycles. The van der Waals surface area contributed by atoms with Crippen LogP contribution in [0.3, 0.4) is 0 Å². The van der Waals surface area contributed by atoms with Crippen molar-refractivity contribution in [2.75, 3.05) is 0 Å². The maximum atomic E-state index is 13.0. The fraction of sp³-hybridized carbons (Fsp3) is 0.611. The summed E-state index contributed by atoms with van der Waals surface area (Å²) in [5.41, 5.74) is 6.53. The van der Waals surface area contributed by atoms with Gasteiger partial charge in [0.2, 0.25) is 5.91 Å². The van der Waals surface area contributed by atoms with Crippen molar-refractivity contribution in [2.45, 2.75) is 69.9 Å². The molecule has 1 amide bonds. The molecule has 4 heteroatoms. The smallest absolute Gasteiger partial charge is 0.230 e. The number of nitrogens with two attached hydrogens (primary N) is 1. The molecule has 0 heterocycles. The predicted molar refractivity (Wildman–Crippen MR) is 92.1 cm³/mol. The SMILES string of the molecule is CCC(CC)(C(=O)NC1CCC(N)CC1)c1ccc(Cl)cc1. The lowest BCUT2D eigenvalue weighted by molar-refractivity contribution is -0.128. The highest BCUT2D eigenvalue weighted by atomic mass is 35.5. The highest BCUT2D eigenvalue weighted by Crippen LogP contribution is 2.33. The Morgan fingerprint density at radius 2 is 1.73 bits per heavy atom. The van der Waals surface area contributed by atoms with Crippen LogP contribution >= 0.6 is 11.6 Å². The first-order valence-electron chi connectivity index (χ1n) is 8.34. The van der Waals surface area contributed by atoms with Crippen molar-refractivity contribution in [1.82, 2.24) is 5.32 Å². The van der Waals surface area contributed by atoms with Crippen molar-refractivity contribution in [3.63, 3.8) is 0 Å². The van der Waals surface area contributed by atoms with Gasteiger partial charge in [-0.3, -0.25) is 4.79 Å². The zero-order valence-electron chi connectivity index (χ0n) is 13.6. The van der Waals surface area contributed by atoms with Gasteiger partial charge in [0.15, 0.2) is 0 Å². The fourth-order valence-corrected chi connectivity index (χ4v) is 3.59. The molecule has 3 N–H and O–H groups in total. The summed E-state index contributed by atoms with van der Waals surface area (Å²) in [6.07, 6.45) is 5.52. The van der Waals surface area contributed by atoms with Gasteiger partial charge in [0, 0.05) is 17.1 Å². The van der Waals surface area contributed by atoms with E-state index in [0.717, 1.165) is 44.1 Å². The molecule has 0 radical (unpaired) electrons. The summed E-state index contributed by atoms with van der Waals surface area (Å²) < 4.78 is 0. The average Bonchev–Trinajstić information content (AvgIpc) is 2.53. The molecular formula is C18H27ClN2O. The van der Waals surface area contributed by atoms with Gasteiger partial charge in [0.05, 0.1) is 5.41 Å². The van der Waals surface area contributed by atoms with Crippen LogP contribution in [0, 0.1) is 0 Å². The Bertz CT molecular complexity index is 488. The van der Waals surface area contributed by atoms with E-state index in [9.17, 15) is 4.79 Å². The fourth-order valence-electron chi connectivity index (χ4n) is 3.47. The minimum absolute atomic E-state index is 0.139. The molecule has 2 rings (SSSR count). The number of amides is 1. The zero-order chi connectivity index (χ0) is 16.2. The zero-order valence-corrected chi connectivity index (χ0v) is 14.3. The third-order valence-corrected chi connectivity index (χ3v) is 5.40. The molecule has 0 spiro atoms. The Labute approximate surface area is 138 Å². The molecule has 1 fully saturated rings. The predicted octanol–water partition coefficient (Wildman–Crippen LogP) is 3.78. The normalized spacial score (nSPS) is 22.4. The largest absolute Gasteiger partial charge is 0.353 e. The molecule has 1 aromatic rings. The van der Waals surface area contributed by atoms with Crippen LogP contribution in [0.15, 0.2) is 24.3 Å². The Balaban J connectivity index is 2.15. The third kappa shape index (κ3) is 3.64. The van der Waals surface area contributed by atoms with Crippen molar-refractivity contribution >= 4 is 17.5 Å². The Hall–Kier alpha value is -1.06.